The number of nitrogens with two attached hydrogens (primary N) is 1. The molecule has 0 spiro atoms. The number of hydrogen-bond donors (Lipinski definition) is 2. The fraction of sp³-hybridized carbons (Fsp3) is 0.400. The Bertz CT molecular complexity index is 290. The highest BCUT2D eigenvalue weighted by Gasteiger charge is 2.08. The lowest BCUT2D eigenvalue weighted by Crippen LogP contribution is -2.07. The summed E-state index contributed by atoms with van der Waals surface area (Å²) in [6, 6.07) is 5.86. The van der Waals surface area contributed by atoms with Crippen LogP contribution in [0.15, 0.2) is 24.3 Å². The predicted molar refractivity (Wildman–Crippen MR) is 51.7 cm³/mol. The topological polar surface area (TPSA) is 55.5 Å². The Hall–Kier alpha value is -1.20. The number of halogens is 2. The highest BCUT2D eigenvalue weighted by atomic mass is 19.3. The minimum Gasteiger partial charge on any atom is -0.435 e. The molecule has 0 saturated heterocycles. The van der Waals surface area contributed by atoms with Crippen LogP contribution in [0.1, 0.15) is 18.1 Å². The van der Waals surface area contributed by atoms with Crippen molar-refractivity contribution in [2.75, 3.05) is 6.54 Å². The molecule has 1 atom stereocenters. The zero-order valence-corrected chi connectivity index (χ0v) is 8.07. The third-order valence-electron chi connectivity index (χ3n) is 1.93. The minimum atomic E-state index is -2.83. The molecule has 1 rings (SSSR count). The SMILES string of the molecule is NCCC(O)c1ccc(OC(F)F)cc1. The van der Waals surface area contributed by atoms with Crippen molar-refractivity contribution >= 4 is 0 Å². The fourth-order valence-electron chi connectivity index (χ4n) is 1.20. The summed E-state index contributed by atoms with van der Waals surface area (Å²) < 4.78 is 27.8. The minimum absolute atomic E-state index is 0.0775. The molecule has 0 amide bonds. The highest BCUT2D eigenvalue weighted by molar-refractivity contribution is 5.28. The number of ether oxygens (including phenoxy) is 1. The van der Waals surface area contributed by atoms with Gasteiger partial charge in [-0.1, -0.05) is 12.1 Å². The molecule has 15 heavy (non-hydrogen) atoms. The smallest absolute Gasteiger partial charge is 0.387 e. The molecule has 1 aromatic carbocycles. The molecule has 1 aromatic rings. The van der Waals surface area contributed by atoms with Crippen LogP contribution in [-0.4, -0.2) is 18.3 Å². The molecule has 0 saturated carbocycles. The summed E-state index contributed by atoms with van der Waals surface area (Å²) in [4.78, 5) is 0. The summed E-state index contributed by atoms with van der Waals surface area (Å²) in [5, 5.41) is 9.52. The molecular weight excluding hydrogens is 204 g/mol. The third-order valence-corrected chi connectivity index (χ3v) is 1.93. The second-order valence-corrected chi connectivity index (χ2v) is 3.04. The summed E-state index contributed by atoms with van der Waals surface area (Å²) in [7, 11) is 0. The van der Waals surface area contributed by atoms with E-state index < -0.39 is 12.7 Å². The standard InChI is InChI=1S/C10H13F2NO2/c11-10(12)15-8-3-1-7(2-4-8)9(14)5-6-13/h1-4,9-10,14H,5-6,13H2. The maximum absolute atomic E-state index is 11.8. The van der Waals surface area contributed by atoms with Crippen LogP contribution in [-0.2, 0) is 0 Å². The van der Waals surface area contributed by atoms with Gasteiger partial charge in [-0.25, -0.2) is 0 Å². The van der Waals surface area contributed by atoms with Crippen LogP contribution in [0.3, 0.4) is 0 Å². The van der Waals surface area contributed by atoms with Crippen molar-refractivity contribution in [2.45, 2.75) is 19.1 Å². The Morgan fingerprint density at radius 1 is 1.27 bits per heavy atom. The van der Waals surface area contributed by atoms with Crippen molar-refractivity contribution in [1.29, 1.82) is 0 Å². The second kappa shape index (κ2) is 5.63. The van der Waals surface area contributed by atoms with E-state index >= 15 is 0 Å². The molecule has 0 heterocycles. The fourth-order valence-corrected chi connectivity index (χ4v) is 1.20. The first-order valence-corrected chi connectivity index (χ1v) is 4.56. The lowest BCUT2D eigenvalue weighted by molar-refractivity contribution is -0.0498. The normalized spacial score (nSPS) is 12.9. The van der Waals surface area contributed by atoms with Crippen molar-refractivity contribution in [2.24, 2.45) is 5.73 Å². The average molecular weight is 217 g/mol. The van der Waals surface area contributed by atoms with Crippen LogP contribution in [0.5, 0.6) is 5.75 Å². The number of alkyl halides is 2. The zero-order valence-electron chi connectivity index (χ0n) is 8.07. The van der Waals surface area contributed by atoms with Gasteiger partial charge in [-0.15, -0.1) is 0 Å². The van der Waals surface area contributed by atoms with Crippen molar-refractivity contribution in [3.05, 3.63) is 29.8 Å². The maximum Gasteiger partial charge on any atom is 0.387 e. The van der Waals surface area contributed by atoms with Crippen LogP contribution < -0.4 is 10.5 Å². The van der Waals surface area contributed by atoms with Crippen molar-refractivity contribution < 1.29 is 18.6 Å². The van der Waals surface area contributed by atoms with E-state index in [1.165, 1.54) is 24.3 Å². The predicted octanol–water partition coefficient (Wildman–Crippen LogP) is 1.67. The van der Waals surface area contributed by atoms with Crippen LogP contribution in [0.25, 0.3) is 0 Å². The van der Waals surface area contributed by atoms with Crippen LogP contribution in [0.2, 0.25) is 0 Å². The molecule has 0 bridgehead atoms. The van der Waals surface area contributed by atoms with E-state index in [1.807, 2.05) is 0 Å². The Morgan fingerprint density at radius 2 is 1.87 bits per heavy atom. The summed E-state index contributed by atoms with van der Waals surface area (Å²) in [6.07, 6.45) is -0.217. The summed E-state index contributed by atoms with van der Waals surface area (Å²) in [5.74, 6) is 0.0775. The Labute approximate surface area is 86.5 Å². The van der Waals surface area contributed by atoms with Crippen LogP contribution >= 0.6 is 0 Å². The second-order valence-electron chi connectivity index (χ2n) is 3.04. The molecule has 84 valence electrons. The van der Waals surface area contributed by atoms with E-state index in [0.717, 1.165) is 0 Å². The zero-order chi connectivity index (χ0) is 11.3. The number of aliphatic hydroxyl groups is 1. The first-order chi connectivity index (χ1) is 7.13. The molecule has 0 aliphatic rings. The van der Waals surface area contributed by atoms with E-state index in [9.17, 15) is 13.9 Å². The van der Waals surface area contributed by atoms with Gasteiger partial charge in [-0.3, -0.25) is 0 Å². The number of benzene rings is 1. The third kappa shape index (κ3) is 3.81. The van der Waals surface area contributed by atoms with Gasteiger partial charge in [0.05, 0.1) is 6.10 Å². The molecule has 0 aliphatic heterocycles. The quantitative estimate of drug-likeness (QED) is 0.788. The van der Waals surface area contributed by atoms with Crippen LogP contribution in [0, 0.1) is 0 Å². The van der Waals surface area contributed by atoms with Crippen molar-refractivity contribution in [3.8, 4) is 5.75 Å². The highest BCUT2D eigenvalue weighted by Crippen LogP contribution is 2.20. The van der Waals surface area contributed by atoms with Crippen molar-refractivity contribution in [1.82, 2.24) is 0 Å². The molecule has 0 fully saturated rings. The van der Waals surface area contributed by atoms with Gasteiger partial charge in [0.1, 0.15) is 5.75 Å². The molecule has 1 unspecified atom stereocenters. The lowest BCUT2D eigenvalue weighted by Gasteiger charge is -2.10. The largest absolute Gasteiger partial charge is 0.435 e. The van der Waals surface area contributed by atoms with Gasteiger partial charge in [0, 0.05) is 0 Å². The van der Waals surface area contributed by atoms with Crippen LogP contribution in [0.4, 0.5) is 8.78 Å². The number of aliphatic hydroxyl groups excluding tert-OH is 1. The molecule has 0 aliphatic carbocycles. The summed E-state index contributed by atoms with van der Waals surface area (Å²) in [6.45, 7) is -2.46. The molecule has 5 heteroatoms. The number of rotatable bonds is 5. The van der Waals surface area contributed by atoms with E-state index in [2.05, 4.69) is 4.74 Å². The van der Waals surface area contributed by atoms with E-state index in [-0.39, 0.29) is 5.75 Å². The molecule has 0 aromatic heterocycles. The molecule has 3 N–H and O–H groups in total. The Morgan fingerprint density at radius 3 is 2.33 bits per heavy atom. The van der Waals surface area contributed by atoms with E-state index in [1.54, 1.807) is 0 Å². The molecule has 0 radical (unpaired) electrons. The average Bonchev–Trinajstić information content (AvgIpc) is 2.18. The van der Waals surface area contributed by atoms with Gasteiger partial charge in [-0.2, -0.15) is 8.78 Å². The molecule has 3 nitrogen and oxygen atoms in total. The Kier molecular flexibility index (Phi) is 4.45. The Balaban J connectivity index is 2.63. The van der Waals surface area contributed by atoms with Gasteiger partial charge in [-0.05, 0) is 30.7 Å². The van der Waals surface area contributed by atoms with Gasteiger partial charge in [0.15, 0.2) is 0 Å². The van der Waals surface area contributed by atoms with Gasteiger partial charge >= 0.3 is 6.61 Å². The first kappa shape index (κ1) is 11.9. The van der Waals surface area contributed by atoms with Gasteiger partial charge in [0.25, 0.3) is 0 Å². The maximum atomic E-state index is 11.8. The first-order valence-electron chi connectivity index (χ1n) is 4.56. The number of hydrogen-bond acceptors (Lipinski definition) is 3. The van der Waals surface area contributed by atoms with E-state index in [0.29, 0.717) is 18.5 Å². The lowest BCUT2D eigenvalue weighted by atomic mass is 10.1. The van der Waals surface area contributed by atoms with Gasteiger partial charge in [0.2, 0.25) is 0 Å². The van der Waals surface area contributed by atoms with E-state index in [4.69, 9.17) is 5.73 Å². The molecular formula is C10H13F2NO2. The van der Waals surface area contributed by atoms with Gasteiger partial charge < -0.3 is 15.6 Å². The van der Waals surface area contributed by atoms with Crippen molar-refractivity contribution in [3.63, 3.8) is 0 Å². The monoisotopic (exact) mass is 217 g/mol. The summed E-state index contributed by atoms with van der Waals surface area (Å²) in [5.41, 5.74) is 5.92. The summed E-state index contributed by atoms with van der Waals surface area (Å²) >= 11 is 0.